The van der Waals surface area contributed by atoms with E-state index in [1.807, 2.05) is 0 Å². The van der Waals surface area contributed by atoms with Crippen LogP contribution in [0.15, 0.2) is 0 Å². The Hall–Kier alpha value is 0.739. The zero-order valence-corrected chi connectivity index (χ0v) is 5.36. The molecule has 0 aromatic heterocycles. The Morgan fingerprint density at radius 2 is 1.71 bits per heavy atom. The predicted octanol–water partition coefficient (Wildman–Crippen LogP) is -0.735. The van der Waals surface area contributed by atoms with E-state index in [9.17, 15) is 8.42 Å². The van der Waals surface area contributed by atoms with E-state index in [1.54, 1.807) is 0 Å². The molecule has 1 N–H and O–H groups in total. The average Bonchev–Trinajstić information content (AvgIpc) is 1.35. The Kier molecular flexibility index (Phi) is 5.65. The second kappa shape index (κ2) is 3.71. The minimum Gasteiger partial charge on any atom is -0.600 e. The fourth-order valence-electron chi connectivity index (χ4n) is 0. The zero-order chi connectivity index (χ0) is 5.21. The number of rotatable bonds is 1. The maximum atomic E-state index is 9.23. The quantitative estimate of drug-likeness (QED) is 0.337. The van der Waals surface area contributed by atoms with E-state index in [1.165, 1.54) is 0 Å². The summed E-state index contributed by atoms with van der Waals surface area (Å²) < 4.78 is 29.0. The number of hydrogen-bond acceptors (Lipinski definition) is 4. The molecular formula is HCuO4S2. The summed E-state index contributed by atoms with van der Waals surface area (Å²) in [5.74, 6) is 0. The van der Waals surface area contributed by atoms with Crippen molar-refractivity contribution in [2.45, 2.75) is 0 Å². The molecule has 0 spiro atoms. The molecule has 0 rings (SSSR count). The van der Waals surface area contributed by atoms with Gasteiger partial charge in [-0.15, -0.1) is 0 Å². The normalized spacial score (nSPS) is 10.0. The molecule has 0 bridgehead atoms. The summed E-state index contributed by atoms with van der Waals surface area (Å²) in [7, 11) is -4.35. The minimum atomic E-state index is -4.35. The van der Waals surface area contributed by atoms with Crippen molar-refractivity contribution in [3.05, 3.63) is 0 Å². The Morgan fingerprint density at radius 1 is 1.57 bits per heavy atom. The predicted molar refractivity (Wildman–Crippen MR) is 20.0 cm³/mol. The van der Waals surface area contributed by atoms with Crippen LogP contribution in [0.25, 0.3) is 0 Å². The maximum Gasteiger partial charge on any atom is 1.00 e. The van der Waals surface area contributed by atoms with Gasteiger partial charge in [0.25, 0.3) is 0 Å². The van der Waals surface area contributed by atoms with Crippen molar-refractivity contribution >= 4 is 23.3 Å². The van der Waals surface area contributed by atoms with Crippen LogP contribution in [0.4, 0.5) is 0 Å². The van der Waals surface area contributed by atoms with Crippen LogP contribution in [0, 0.1) is 0 Å². The summed E-state index contributed by atoms with van der Waals surface area (Å²) in [6.07, 6.45) is 0. The van der Waals surface area contributed by atoms with Crippen molar-refractivity contribution in [2.75, 3.05) is 0 Å². The average molecular weight is 193 g/mol. The van der Waals surface area contributed by atoms with Gasteiger partial charge in [0.15, 0.2) is 0 Å². The molecule has 0 heterocycles. The van der Waals surface area contributed by atoms with Gasteiger partial charge < -0.3 is 16.5 Å². The summed E-state index contributed by atoms with van der Waals surface area (Å²) >= 11 is 3.45. The second-order valence-electron chi connectivity index (χ2n) is 0.496. The van der Waals surface area contributed by atoms with Crippen molar-refractivity contribution in [3.63, 3.8) is 0 Å². The molecule has 7 heteroatoms. The fourth-order valence-corrected chi connectivity index (χ4v) is 0. The molecule has 4 nitrogen and oxygen atoms in total. The third-order valence-corrected chi connectivity index (χ3v) is 0.774. The van der Waals surface area contributed by atoms with E-state index in [0.717, 1.165) is 0 Å². The van der Waals surface area contributed by atoms with Crippen LogP contribution in [0.5, 0.6) is 0 Å². The molecular weight excluding hydrogens is 192 g/mol. The molecule has 0 saturated carbocycles. The summed E-state index contributed by atoms with van der Waals surface area (Å²) in [5, 5.41) is 0. The molecule has 0 aliphatic carbocycles. The largest absolute Gasteiger partial charge is 1.00 e. The zero-order valence-electron chi connectivity index (χ0n) is 2.79. The van der Waals surface area contributed by atoms with Gasteiger partial charge in [0.1, 0.15) is 0 Å². The van der Waals surface area contributed by atoms with Crippen LogP contribution in [0.1, 0.15) is 0 Å². The van der Waals surface area contributed by atoms with Gasteiger partial charge in [0.05, 0.1) is 0 Å². The monoisotopic (exact) mass is 192 g/mol. The SMILES string of the molecule is O=S(=O)(O)O[S-].[Cu+]. The molecule has 48 valence electrons. The molecule has 0 aromatic rings. The molecule has 0 aliphatic heterocycles. The van der Waals surface area contributed by atoms with Crippen molar-refractivity contribution in [1.29, 1.82) is 0 Å². The van der Waals surface area contributed by atoms with E-state index in [0.29, 0.717) is 0 Å². The van der Waals surface area contributed by atoms with Crippen molar-refractivity contribution in [1.82, 2.24) is 0 Å². The first-order valence-electron chi connectivity index (χ1n) is 0.849. The molecule has 0 fully saturated rings. The van der Waals surface area contributed by atoms with Gasteiger partial charge in [-0.2, -0.15) is 8.42 Å². The topological polar surface area (TPSA) is 63.6 Å². The minimum absolute atomic E-state index is 0. The fraction of sp³-hybridized carbons (Fsp3) is 0. The molecule has 0 atom stereocenters. The Bertz CT molecular complexity index is 112. The van der Waals surface area contributed by atoms with Gasteiger partial charge >= 0.3 is 27.5 Å². The van der Waals surface area contributed by atoms with Crippen molar-refractivity contribution in [3.8, 4) is 0 Å². The Morgan fingerprint density at radius 3 is 1.71 bits per heavy atom. The van der Waals surface area contributed by atoms with Crippen molar-refractivity contribution < 1.29 is 33.7 Å². The van der Waals surface area contributed by atoms with Crippen LogP contribution >= 0.6 is 0 Å². The van der Waals surface area contributed by atoms with Gasteiger partial charge in [-0.3, -0.25) is 4.55 Å². The van der Waals surface area contributed by atoms with Gasteiger partial charge in [0, 0.05) is 0 Å². The maximum absolute atomic E-state index is 9.23. The van der Waals surface area contributed by atoms with Gasteiger partial charge in [-0.25, -0.2) is 0 Å². The standard InChI is InChI=1S/Cu.H2O4S2/c;1-6(2,3)4-5/h;5H,(H,1,2,3)/q+1;/p-1. The number of hydrogen-bond donors (Lipinski definition) is 1. The molecule has 0 unspecified atom stereocenters. The van der Waals surface area contributed by atoms with Gasteiger partial charge in [-0.05, 0) is 0 Å². The first kappa shape index (κ1) is 10.7. The smallest absolute Gasteiger partial charge is 0.600 e. The van der Waals surface area contributed by atoms with Crippen LogP contribution in [0.2, 0.25) is 0 Å². The summed E-state index contributed by atoms with van der Waals surface area (Å²) in [4.78, 5) is 0. The molecule has 0 aliphatic rings. The first-order chi connectivity index (χ1) is 2.56. The van der Waals surface area contributed by atoms with E-state index < -0.39 is 10.4 Å². The third-order valence-electron chi connectivity index (χ3n) is 0.0860. The van der Waals surface area contributed by atoms with E-state index in [2.05, 4.69) is 16.5 Å². The Balaban J connectivity index is 0. The van der Waals surface area contributed by atoms with Crippen molar-refractivity contribution in [2.24, 2.45) is 0 Å². The van der Waals surface area contributed by atoms with Gasteiger partial charge in [0.2, 0.25) is 0 Å². The summed E-state index contributed by atoms with van der Waals surface area (Å²) in [6.45, 7) is 0. The van der Waals surface area contributed by atoms with E-state index in [-0.39, 0.29) is 17.1 Å². The Labute approximate surface area is 57.3 Å². The third kappa shape index (κ3) is 10.8. The van der Waals surface area contributed by atoms with Crippen LogP contribution in [-0.4, -0.2) is 13.0 Å². The molecule has 7 heavy (non-hydrogen) atoms. The van der Waals surface area contributed by atoms with E-state index in [4.69, 9.17) is 4.55 Å². The summed E-state index contributed by atoms with van der Waals surface area (Å²) in [6, 6.07) is 0. The van der Waals surface area contributed by atoms with Crippen LogP contribution in [-0.2, 0) is 44.0 Å². The molecule has 0 aromatic carbocycles. The molecule has 0 radical (unpaired) electrons. The van der Waals surface area contributed by atoms with E-state index >= 15 is 0 Å². The summed E-state index contributed by atoms with van der Waals surface area (Å²) in [5.41, 5.74) is 0. The van der Waals surface area contributed by atoms with Gasteiger partial charge in [-0.1, -0.05) is 0 Å². The molecule has 0 saturated heterocycles. The van der Waals surface area contributed by atoms with Crippen LogP contribution in [0.3, 0.4) is 0 Å². The van der Waals surface area contributed by atoms with Crippen LogP contribution < -0.4 is 0 Å². The second-order valence-corrected chi connectivity index (χ2v) is 1.90. The molecule has 0 amide bonds. The first-order valence-corrected chi connectivity index (χ1v) is 2.55.